The van der Waals surface area contributed by atoms with Gasteiger partial charge in [-0.05, 0) is 103 Å². The summed E-state index contributed by atoms with van der Waals surface area (Å²) in [5, 5.41) is 13.3. The predicted molar refractivity (Wildman–Crippen MR) is 142 cm³/mol. The van der Waals surface area contributed by atoms with Crippen LogP contribution in [-0.4, -0.2) is 24.7 Å². The van der Waals surface area contributed by atoms with Gasteiger partial charge in [0.2, 0.25) is 0 Å². The first-order chi connectivity index (χ1) is 13.7. The summed E-state index contributed by atoms with van der Waals surface area (Å²) in [6.45, 7) is 9.05. The van der Waals surface area contributed by atoms with Crippen LogP contribution >= 0.6 is 56.5 Å². The number of benzene rings is 1. The molecule has 0 saturated carbocycles. The minimum absolute atomic E-state index is 0.0301. The lowest BCUT2D eigenvalue weighted by atomic mass is 10.1. The predicted octanol–water partition coefficient (Wildman–Crippen LogP) is 6.50. The van der Waals surface area contributed by atoms with Crippen LogP contribution in [0.4, 0.5) is 5.69 Å². The lowest BCUT2D eigenvalue weighted by molar-refractivity contribution is -0.110. The molecule has 3 nitrogen and oxygen atoms in total. The molecule has 0 fully saturated rings. The molecule has 1 aromatic heterocycles. The average Bonchev–Trinajstić information content (AvgIpc) is 2.97. The molecule has 0 atom stereocenters. The Hall–Kier alpha value is -0.783. The first-order valence-corrected chi connectivity index (χ1v) is 14.7. The smallest absolute Gasteiger partial charge is 0.178 e. The fourth-order valence-electron chi connectivity index (χ4n) is 4.89. The van der Waals surface area contributed by atoms with E-state index in [0.717, 1.165) is 27.0 Å². The van der Waals surface area contributed by atoms with E-state index < -0.39 is 8.07 Å². The number of allylic oxidation sites excluding steroid dienone is 4. The molecule has 2 aliphatic rings. The Morgan fingerprint density at radius 3 is 2.38 bits per heavy atom. The van der Waals surface area contributed by atoms with Crippen molar-refractivity contribution in [2.75, 3.05) is 0 Å². The number of phenols is 1. The van der Waals surface area contributed by atoms with E-state index in [4.69, 9.17) is 4.99 Å². The Morgan fingerprint density at radius 1 is 1.10 bits per heavy atom. The number of carbonyl (C=O) groups excluding carboxylic acids is 1. The molecule has 0 unspecified atom stereocenters. The lowest BCUT2D eigenvalue weighted by Crippen LogP contribution is -2.59. The van der Waals surface area contributed by atoms with Gasteiger partial charge >= 0.3 is 0 Å². The number of phenolic OH excluding ortho intramolecular Hbond substituents is 1. The molecule has 7 heteroatoms. The van der Waals surface area contributed by atoms with Crippen molar-refractivity contribution in [2.24, 2.45) is 4.99 Å². The highest BCUT2D eigenvalue weighted by atomic mass is 127. The summed E-state index contributed by atoms with van der Waals surface area (Å²) in [6, 6.07) is 5.86. The van der Waals surface area contributed by atoms with Gasteiger partial charge in [0.05, 0.1) is 14.3 Å². The maximum absolute atomic E-state index is 12.4. The van der Waals surface area contributed by atoms with Gasteiger partial charge in [-0.1, -0.05) is 27.7 Å². The maximum Gasteiger partial charge on any atom is 0.178 e. The monoisotopic (exact) mass is 645 g/mol. The zero-order valence-corrected chi connectivity index (χ0v) is 22.7. The van der Waals surface area contributed by atoms with Gasteiger partial charge in [-0.2, -0.15) is 0 Å². The summed E-state index contributed by atoms with van der Waals surface area (Å²) in [7, 11) is -2.43. The van der Waals surface area contributed by atoms with Crippen LogP contribution in [0.2, 0.25) is 11.1 Å². The largest absolute Gasteiger partial charge is 0.507 e. The number of thiophene rings is 1. The minimum Gasteiger partial charge on any atom is -0.507 e. The van der Waals surface area contributed by atoms with E-state index in [1.165, 1.54) is 11.6 Å². The van der Waals surface area contributed by atoms with Crippen molar-refractivity contribution < 1.29 is 9.90 Å². The number of fused-ring (bicyclic) bond motifs is 2. The van der Waals surface area contributed by atoms with E-state index in [9.17, 15) is 9.90 Å². The van der Waals surface area contributed by atoms with Crippen LogP contribution in [0, 0.1) is 6.45 Å². The van der Waals surface area contributed by atoms with E-state index in [1.807, 2.05) is 18.2 Å². The van der Waals surface area contributed by atoms with Gasteiger partial charge in [0.25, 0.3) is 0 Å². The fourth-order valence-corrected chi connectivity index (χ4v) is 13.7. The standard InChI is InChI=1S/C22H21I2NO2SSi/c1-11(2)29(12(3)4)19-9-13(26)5-6-15(19)25-16-7-8-17(27)20(21(16)29)18-10-14(23)22(24)28-18/h5-12,27H,1-4H3. The molecule has 1 N–H and O–H groups in total. The summed E-state index contributed by atoms with van der Waals surface area (Å²) >= 11 is 6.40. The molecule has 1 aliphatic heterocycles. The van der Waals surface area contributed by atoms with Crippen molar-refractivity contribution in [3.05, 3.63) is 48.1 Å². The zero-order chi connectivity index (χ0) is 21.1. The highest BCUT2D eigenvalue weighted by Gasteiger charge is 2.52. The zero-order valence-electron chi connectivity index (χ0n) is 16.6. The van der Waals surface area contributed by atoms with Crippen molar-refractivity contribution in [1.29, 1.82) is 0 Å². The second-order valence-electron chi connectivity index (χ2n) is 8.06. The van der Waals surface area contributed by atoms with Crippen molar-refractivity contribution in [3.63, 3.8) is 0 Å². The summed E-state index contributed by atoms with van der Waals surface area (Å²) in [4.78, 5) is 18.4. The number of hydrogen-bond donors (Lipinski definition) is 1. The van der Waals surface area contributed by atoms with Gasteiger partial charge in [-0.25, -0.2) is 4.99 Å². The Kier molecular flexibility index (Phi) is 5.71. The van der Waals surface area contributed by atoms with Gasteiger partial charge in [-0.15, -0.1) is 11.3 Å². The quantitative estimate of drug-likeness (QED) is 0.236. The van der Waals surface area contributed by atoms with Gasteiger partial charge in [0.1, 0.15) is 13.8 Å². The third-order valence-corrected chi connectivity index (χ3v) is 16.6. The third-order valence-electron chi connectivity index (χ3n) is 5.94. The Bertz CT molecular complexity index is 1100. The summed E-state index contributed by atoms with van der Waals surface area (Å²) in [5.41, 5.74) is 3.45. The Labute approximate surface area is 203 Å². The third kappa shape index (κ3) is 3.23. The van der Waals surface area contributed by atoms with E-state index >= 15 is 0 Å². The number of halogens is 2. The highest BCUT2D eigenvalue weighted by Crippen LogP contribution is 2.49. The lowest BCUT2D eigenvalue weighted by Gasteiger charge is -2.46. The molecule has 2 heterocycles. The van der Waals surface area contributed by atoms with E-state index in [-0.39, 0.29) is 5.78 Å². The van der Waals surface area contributed by atoms with Crippen LogP contribution in [0.5, 0.6) is 5.75 Å². The summed E-state index contributed by atoms with van der Waals surface area (Å²) in [6.07, 6.45) is 5.29. The summed E-state index contributed by atoms with van der Waals surface area (Å²) in [5.74, 6) is 0.329. The van der Waals surface area contributed by atoms with Gasteiger partial charge in [-0.3, -0.25) is 4.79 Å². The van der Waals surface area contributed by atoms with Crippen molar-refractivity contribution in [2.45, 2.75) is 38.8 Å². The molecule has 0 spiro atoms. The first-order valence-electron chi connectivity index (χ1n) is 9.52. The van der Waals surface area contributed by atoms with Gasteiger partial charge in [0.15, 0.2) is 5.78 Å². The first kappa shape index (κ1) is 21.4. The minimum atomic E-state index is -2.43. The van der Waals surface area contributed by atoms with Crippen LogP contribution in [-0.2, 0) is 4.79 Å². The number of ketones is 1. The maximum atomic E-state index is 12.4. The molecule has 2 aromatic rings. The normalized spacial score (nSPS) is 17.3. The molecule has 1 aromatic carbocycles. The molecule has 150 valence electrons. The number of aromatic hydroxyl groups is 1. The summed E-state index contributed by atoms with van der Waals surface area (Å²) < 4.78 is 2.41. The Morgan fingerprint density at radius 2 is 1.79 bits per heavy atom. The second-order valence-corrected chi connectivity index (χ2v) is 17.2. The molecule has 29 heavy (non-hydrogen) atoms. The van der Waals surface area contributed by atoms with Crippen LogP contribution in [0.25, 0.3) is 10.4 Å². The number of hydrogen-bond acceptors (Lipinski definition) is 4. The van der Waals surface area contributed by atoms with Gasteiger partial charge < -0.3 is 5.11 Å². The number of carbonyl (C=O) groups is 1. The number of aliphatic imine (C=N–C) groups is 1. The topological polar surface area (TPSA) is 49.7 Å². The Balaban J connectivity index is 2.17. The van der Waals surface area contributed by atoms with Crippen LogP contribution in [0.1, 0.15) is 27.7 Å². The van der Waals surface area contributed by atoms with Crippen LogP contribution in [0.15, 0.2) is 46.6 Å². The fraction of sp³-hybridized carbons (Fsp3) is 0.273. The molecular weight excluding hydrogens is 624 g/mol. The van der Waals surface area contributed by atoms with Crippen molar-refractivity contribution >= 4 is 87.0 Å². The van der Waals surface area contributed by atoms with Crippen LogP contribution in [0.3, 0.4) is 0 Å². The van der Waals surface area contributed by atoms with Gasteiger partial charge in [0, 0.05) is 14.0 Å². The number of rotatable bonds is 3. The molecule has 0 bridgehead atoms. The van der Waals surface area contributed by atoms with Crippen molar-refractivity contribution in [3.8, 4) is 16.2 Å². The van der Waals surface area contributed by atoms with Crippen LogP contribution < -0.4 is 5.19 Å². The van der Waals surface area contributed by atoms with E-state index in [2.05, 4.69) is 78.9 Å². The SMILES string of the molecule is CC(C)[Si]1(C(C)C)C2=CC(=O)C=CC2=Nc2ccc(O)c(-c3cc(I)c(I)s3)c21. The number of nitrogens with zero attached hydrogens (tertiary/aromatic N) is 1. The highest BCUT2D eigenvalue weighted by molar-refractivity contribution is 14.1. The molecule has 0 amide bonds. The van der Waals surface area contributed by atoms with Crippen molar-refractivity contribution in [1.82, 2.24) is 0 Å². The molecule has 0 radical (unpaired) electrons. The molecular formula is C22H21I2NO2SSi. The molecule has 4 rings (SSSR count). The average molecular weight is 645 g/mol. The van der Waals surface area contributed by atoms with E-state index in [0.29, 0.717) is 16.8 Å². The van der Waals surface area contributed by atoms with E-state index in [1.54, 1.807) is 23.5 Å². The second kappa shape index (κ2) is 7.72. The molecule has 1 aliphatic carbocycles. The molecule has 0 saturated heterocycles.